The van der Waals surface area contributed by atoms with Gasteiger partial charge >= 0.3 is 11.9 Å². The second kappa shape index (κ2) is 11.3. The highest BCUT2D eigenvalue weighted by Crippen LogP contribution is 2.39. The van der Waals surface area contributed by atoms with Crippen LogP contribution in [0.4, 0.5) is 0 Å². The number of benzene rings is 3. The van der Waals surface area contributed by atoms with Gasteiger partial charge in [-0.3, -0.25) is 4.79 Å². The zero-order chi connectivity index (χ0) is 27.3. The average molecular weight is 511 g/mol. The van der Waals surface area contributed by atoms with Gasteiger partial charge in [0.2, 0.25) is 5.91 Å². The van der Waals surface area contributed by atoms with Gasteiger partial charge in [0.1, 0.15) is 0 Å². The van der Waals surface area contributed by atoms with Crippen molar-refractivity contribution in [3.05, 3.63) is 82.9 Å². The van der Waals surface area contributed by atoms with Gasteiger partial charge < -0.3 is 41.1 Å². The predicted molar refractivity (Wildman–Crippen MR) is 128 cm³/mol. The van der Waals surface area contributed by atoms with E-state index in [1.807, 2.05) is 0 Å². The first-order valence-corrected chi connectivity index (χ1v) is 11.0. The van der Waals surface area contributed by atoms with Crippen LogP contribution in [0.2, 0.25) is 0 Å². The van der Waals surface area contributed by atoms with Gasteiger partial charge in [-0.2, -0.15) is 0 Å². The van der Waals surface area contributed by atoms with Crippen LogP contribution in [0.25, 0.3) is 0 Å². The van der Waals surface area contributed by atoms with Gasteiger partial charge in [-0.15, -0.1) is 0 Å². The van der Waals surface area contributed by atoms with Crippen LogP contribution in [0.5, 0.6) is 23.0 Å². The number of amides is 1. The Morgan fingerprint density at radius 1 is 0.730 bits per heavy atom. The van der Waals surface area contributed by atoms with E-state index in [1.165, 1.54) is 18.2 Å². The number of aliphatic hydroxyl groups is 1. The molecule has 0 bridgehead atoms. The smallest absolute Gasteiger partial charge is 0.332 e. The van der Waals surface area contributed by atoms with E-state index in [-0.39, 0.29) is 16.7 Å². The number of nitrogens with one attached hydrogen (secondary N) is 1. The maximum Gasteiger partial charge on any atom is 0.332 e. The van der Waals surface area contributed by atoms with Crippen LogP contribution in [-0.2, 0) is 20.8 Å². The van der Waals surface area contributed by atoms with Crippen molar-refractivity contribution in [2.45, 2.75) is 30.9 Å². The van der Waals surface area contributed by atoms with Crippen molar-refractivity contribution in [2.24, 2.45) is 0 Å². The van der Waals surface area contributed by atoms with Crippen LogP contribution in [0.15, 0.2) is 60.7 Å². The molecule has 0 fully saturated rings. The number of hydrogen-bond acceptors (Lipinski definition) is 8. The summed E-state index contributed by atoms with van der Waals surface area (Å²) in [4.78, 5) is 36.2. The number of aromatic hydroxyl groups is 4. The van der Waals surface area contributed by atoms with Crippen molar-refractivity contribution < 1.29 is 50.1 Å². The van der Waals surface area contributed by atoms with E-state index in [9.17, 15) is 45.0 Å². The molecule has 0 saturated heterocycles. The standard InChI is InChI=1S/C26H25NO10/c28-18-7-6-14(8-19(18)29)17(12-23(33)27-24(26(36)37)13-4-2-1-3-5-13)16-11-21(31)20(30)9-15(16)10-22(32)25(34)35/h1-9,11,17,22,24,28-32H,10,12H2,(H,27,33)(H,34,35)(H,36,37)/t17-,22+,24+/m0/s1. The summed E-state index contributed by atoms with van der Waals surface area (Å²) in [6.07, 6.45) is -2.82. The number of carbonyl (C=O) groups is 3. The number of rotatable bonds is 10. The molecule has 0 aromatic heterocycles. The van der Waals surface area contributed by atoms with Crippen LogP contribution in [0, 0.1) is 0 Å². The predicted octanol–water partition coefficient (Wildman–Crippen LogP) is 1.96. The maximum absolute atomic E-state index is 13.1. The van der Waals surface area contributed by atoms with E-state index in [1.54, 1.807) is 18.2 Å². The molecule has 1 amide bonds. The number of carboxylic acid groups (broad SMARTS) is 2. The van der Waals surface area contributed by atoms with E-state index in [2.05, 4.69) is 5.32 Å². The molecule has 3 atom stereocenters. The lowest BCUT2D eigenvalue weighted by Gasteiger charge is -2.24. The minimum absolute atomic E-state index is 0.0772. The van der Waals surface area contributed by atoms with E-state index >= 15 is 0 Å². The van der Waals surface area contributed by atoms with Crippen molar-refractivity contribution in [3.63, 3.8) is 0 Å². The molecule has 194 valence electrons. The van der Waals surface area contributed by atoms with Crippen molar-refractivity contribution >= 4 is 17.8 Å². The zero-order valence-corrected chi connectivity index (χ0v) is 19.3. The summed E-state index contributed by atoms with van der Waals surface area (Å²) in [5.74, 6) is -6.78. The molecule has 0 spiro atoms. The molecule has 8 N–H and O–H groups in total. The molecule has 3 rings (SSSR count). The lowest BCUT2D eigenvalue weighted by atomic mass is 9.83. The largest absolute Gasteiger partial charge is 0.504 e. The summed E-state index contributed by atoms with van der Waals surface area (Å²) in [6.45, 7) is 0. The summed E-state index contributed by atoms with van der Waals surface area (Å²) >= 11 is 0. The normalized spacial score (nSPS) is 13.3. The lowest BCUT2D eigenvalue weighted by molar-refractivity contribution is -0.146. The number of aliphatic hydroxyl groups excluding tert-OH is 1. The molecule has 11 nitrogen and oxygen atoms in total. The third-order valence-electron chi connectivity index (χ3n) is 5.79. The zero-order valence-electron chi connectivity index (χ0n) is 19.3. The second-order valence-electron chi connectivity index (χ2n) is 8.35. The Morgan fingerprint density at radius 2 is 1.35 bits per heavy atom. The summed E-state index contributed by atoms with van der Waals surface area (Å²) in [5.41, 5.74) is 0.763. The number of carboxylic acids is 2. The van der Waals surface area contributed by atoms with E-state index < -0.39 is 71.7 Å². The summed E-state index contributed by atoms with van der Waals surface area (Å²) in [6, 6.07) is 12.4. The fourth-order valence-electron chi connectivity index (χ4n) is 3.94. The molecule has 0 aliphatic carbocycles. The van der Waals surface area contributed by atoms with Crippen LogP contribution in [0.1, 0.15) is 40.6 Å². The molecule has 11 heteroatoms. The van der Waals surface area contributed by atoms with Gasteiger partial charge in [0, 0.05) is 18.8 Å². The highest BCUT2D eigenvalue weighted by molar-refractivity contribution is 5.85. The van der Waals surface area contributed by atoms with Crippen molar-refractivity contribution in [2.75, 3.05) is 0 Å². The molecule has 0 aliphatic rings. The molecule has 3 aromatic carbocycles. The summed E-state index contributed by atoms with van der Waals surface area (Å²) in [7, 11) is 0. The molecule has 0 aliphatic heterocycles. The van der Waals surface area contributed by atoms with Crippen LogP contribution in [0.3, 0.4) is 0 Å². The van der Waals surface area contributed by atoms with Crippen molar-refractivity contribution in [1.29, 1.82) is 0 Å². The number of hydrogen-bond donors (Lipinski definition) is 8. The quantitative estimate of drug-likeness (QED) is 0.186. The first-order valence-electron chi connectivity index (χ1n) is 11.0. The first-order chi connectivity index (χ1) is 17.5. The number of aliphatic carboxylic acids is 2. The monoisotopic (exact) mass is 511 g/mol. The SMILES string of the molecule is O=C(C[C@@H](c1ccc(O)c(O)c1)c1cc(O)c(O)cc1C[C@@H](O)C(=O)O)N[C@@H](C(=O)O)c1ccccc1. The first kappa shape index (κ1) is 26.8. The Kier molecular flexibility index (Phi) is 8.20. The fourth-order valence-corrected chi connectivity index (χ4v) is 3.94. The molecule has 37 heavy (non-hydrogen) atoms. The minimum Gasteiger partial charge on any atom is -0.504 e. The summed E-state index contributed by atoms with van der Waals surface area (Å²) in [5, 5.41) is 71.1. The highest BCUT2D eigenvalue weighted by Gasteiger charge is 2.28. The Hall–Kier alpha value is -4.77. The van der Waals surface area contributed by atoms with Gasteiger partial charge in [-0.25, -0.2) is 9.59 Å². The van der Waals surface area contributed by atoms with Gasteiger partial charge in [0.15, 0.2) is 35.1 Å². The Labute approximate surface area is 210 Å². The molecule has 0 unspecified atom stereocenters. The maximum atomic E-state index is 13.1. The molecule has 3 aromatic rings. The molecule has 0 radical (unpaired) electrons. The van der Waals surface area contributed by atoms with Gasteiger partial charge in [0.05, 0.1) is 0 Å². The molecule has 0 saturated carbocycles. The van der Waals surface area contributed by atoms with Crippen LogP contribution >= 0.6 is 0 Å². The number of phenolic OH excluding ortho intramolecular Hbond substituents is 4. The molecule has 0 heterocycles. The van der Waals surface area contributed by atoms with Crippen LogP contribution < -0.4 is 5.32 Å². The van der Waals surface area contributed by atoms with Crippen molar-refractivity contribution in [1.82, 2.24) is 5.32 Å². The minimum atomic E-state index is -1.88. The summed E-state index contributed by atoms with van der Waals surface area (Å²) < 4.78 is 0. The van der Waals surface area contributed by atoms with Crippen LogP contribution in [-0.4, -0.2) is 59.7 Å². The lowest BCUT2D eigenvalue weighted by Crippen LogP contribution is -2.34. The van der Waals surface area contributed by atoms with Crippen molar-refractivity contribution in [3.8, 4) is 23.0 Å². The fraction of sp³-hybridized carbons (Fsp3) is 0.192. The Balaban J connectivity index is 2.06. The average Bonchev–Trinajstić information content (AvgIpc) is 2.85. The third-order valence-corrected chi connectivity index (χ3v) is 5.79. The van der Waals surface area contributed by atoms with E-state index in [0.717, 1.165) is 24.3 Å². The number of carbonyl (C=O) groups excluding carboxylic acids is 1. The van der Waals surface area contributed by atoms with Gasteiger partial charge in [-0.1, -0.05) is 36.4 Å². The highest BCUT2D eigenvalue weighted by atomic mass is 16.4. The second-order valence-corrected chi connectivity index (χ2v) is 8.35. The van der Waals surface area contributed by atoms with Gasteiger partial charge in [0.25, 0.3) is 0 Å². The molecular formula is C26H25NO10. The Bertz CT molecular complexity index is 1310. The van der Waals surface area contributed by atoms with E-state index in [0.29, 0.717) is 5.56 Å². The number of phenols is 4. The van der Waals surface area contributed by atoms with E-state index in [4.69, 9.17) is 5.11 Å². The topological polar surface area (TPSA) is 205 Å². The van der Waals surface area contributed by atoms with Gasteiger partial charge in [-0.05, 0) is 46.5 Å². The Morgan fingerprint density at radius 3 is 1.95 bits per heavy atom. The molecular weight excluding hydrogens is 486 g/mol. The third kappa shape index (κ3) is 6.47.